The van der Waals surface area contributed by atoms with E-state index in [2.05, 4.69) is 15.9 Å². The summed E-state index contributed by atoms with van der Waals surface area (Å²) in [5.41, 5.74) is 0.0886. The average molecular weight is 250 g/mol. The van der Waals surface area contributed by atoms with E-state index in [0.29, 0.717) is 0 Å². The van der Waals surface area contributed by atoms with Crippen molar-refractivity contribution >= 4 is 39.6 Å². The average Bonchev–Trinajstić information content (AvgIpc) is 2.43. The summed E-state index contributed by atoms with van der Waals surface area (Å²) in [5.74, 6) is -1.21. The van der Waals surface area contributed by atoms with Gasteiger partial charge in [0.2, 0.25) is 5.91 Å². The molecule has 0 spiro atoms. The Kier molecular flexibility index (Phi) is 1.69. The summed E-state index contributed by atoms with van der Waals surface area (Å²) in [6.07, 6.45) is 0. The van der Waals surface area contributed by atoms with Gasteiger partial charge in [-0.25, -0.2) is 4.79 Å². The fourth-order valence-electron chi connectivity index (χ4n) is 1.16. The number of carboxylic acids is 1. The van der Waals surface area contributed by atoms with Gasteiger partial charge in [-0.3, -0.25) is 9.69 Å². The summed E-state index contributed by atoms with van der Waals surface area (Å²) < 4.78 is 0. The second-order valence-electron chi connectivity index (χ2n) is 2.44. The van der Waals surface area contributed by atoms with Crippen LogP contribution < -0.4 is 0 Å². The standard InChI is InChI=1S/C6H4BrNO3S/c7-3-4(9)8-2(6(10)11)1-12-5(3)8/h1,3,5H,(H,10,11)/t3?,5-/m1/s1. The Balaban J connectivity index is 2.23. The van der Waals surface area contributed by atoms with Gasteiger partial charge in [-0.1, -0.05) is 15.9 Å². The first-order valence-corrected chi connectivity index (χ1v) is 5.05. The number of amides is 1. The zero-order chi connectivity index (χ0) is 8.88. The molecule has 0 aliphatic carbocycles. The van der Waals surface area contributed by atoms with Gasteiger partial charge >= 0.3 is 5.97 Å². The monoisotopic (exact) mass is 249 g/mol. The van der Waals surface area contributed by atoms with Crippen LogP contribution in [0.1, 0.15) is 0 Å². The van der Waals surface area contributed by atoms with E-state index in [1.807, 2.05) is 0 Å². The van der Waals surface area contributed by atoms with Crippen LogP contribution in [0.2, 0.25) is 0 Å². The Hall–Kier alpha value is -0.490. The number of fused-ring (bicyclic) bond motifs is 1. The molecular weight excluding hydrogens is 246 g/mol. The van der Waals surface area contributed by atoms with Crippen LogP contribution >= 0.6 is 27.7 Å². The molecule has 2 aliphatic heterocycles. The van der Waals surface area contributed by atoms with Crippen LogP contribution in [0.25, 0.3) is 0 Å². The maximum absolute atomic E-state index is 11.1. The Labute approximate surface area is 80.7 Å². The van der Waals surface area contributed by atoms with Crippen LogP contribution in [0.4, 0.5) is 0 Å². The van der Waals surface area contributed by atoms with Crippen molar-refractivity contribution in [2.75, 3.05) is 0 Å². The molecule has 1 N–H and O–H groups in total. The van der Waals surface area contributed by atoms with Crippen molar-refractivity contribution in [1.82, 2.24) is 4.90 Å². The number of nitrogens with zero attached hydrogens (tertiary/aromatic N) is 1. The van der Waals surface area contributed by atoms with Crippen molar-refractivity contribution in [2.45, 2.75) is 10.2 Å². The highest BCUT2D eigenvalue weighted by atomic mass is 79.9. The van der Waals surface area contributed by atoms with Crippen LogP contribution in [0.15, 0.2) is 11.1 Å². The fourth-order valence-corrected chi connectivity index (χ4v) is 3.07. The highest BCUT2D eigenvalue weighted by Crippen LogP contribution is 2.44. The molecular formula is C6H4BrNO3S. The minimum atomic E-state index is -1.04. The number of hydrogen-bond acceptors (Lipinski definition) is 3. The summed E-state index contributed by atoms with van der Waals surface area (Å²) in [6.45, 7) is 0. The molecule has 2 rings (SSSR count). The molecule has 1 amide bonds. The Morgan fingerprint density at radius 2 is 2.42 bits per heavy atom. The van der Waals surface area contributed by atoms with E-state index in [0.717, 1.165) is 0 Å². The Bertz CT molecular complexity index is 303. The van der Waals surface area contributed by atoms with E-state index in [1.165, 1.54) is 22.1 Å². The van der Waals surface area contributed by atoms with Crippen molar-refractivity contribution in [3.05, 3.63) is 11.1 Å². The molecule has 0 saturated carbocycles. The van der Waals surface area contributed by atoms with E-state index in [1.54, 1.807) is 0 Å². The molecule has 1 fully saturated rings. The lowest BCUT2D eigenvalue weighted by atomic mass is 10.2. The number of thioether (sulfide) groups is 1. The van der Waals surface area contributed by atoms with Crippen LogP contribution in [-0.2, 0) is 9.59 Å². The minimum Gasteiger partial charge on any atom is -0.477 e. The predicted molar refractivity (Wildman–Crippen MR) is 46.7 cm³/mol. The summed E-state index contributed by atoms with van der Waals surface area (Å²) in [4.78, 5) is 22.7. The number of carbonyl (C=O) groups excluding carboxylic acids is 1. The number of aliphatic carboxylic acids is 1. The maximum Gasteiger partial charge on any atom is 0.353 e. The van der Waals surface area contributed by atoms with Crippen LogP contribution in [0, 0.1) is 0 Å². The summed E-state index contributed by atoms with van der Waals surface area (Å²) in [6, 6.07) is 0. The number of β-lactam (4-membered cyclic amide) rings is 1. The van der Waals surface area contributed by atoms with Gasteiger partial charge in [0.25, 0.3) is 0 Å². The van der Waals surface area contributed by atoms with Crippen LogP contribution in [-0.4, -0.2) is 32.1 Å². The number of halogens is 1. The smallest absolute Gasteiger partial charge is 0.353 e. The molecule has 0 bridgehead atoms. The lowest BCUT2D eigenvalue weighted by Crippen LogP contribution is -2.58. The van der Waals surface area contributed by atoms with E-state index in [-0.39, 0.29) is 21.8 Å². The van der Waals surface area contributed by atoms with E-state index < -0.39 is 5.97 Å². The highest BCUT2D eigenvalue weighted by Gasteiger charge is 2.52. The quantitative estimate of drug-likeness (QED) is 0.546. The summed E-state index contributed by atoms with van der Waals surface area (Å²) in [5, 5.41) is 10.1. The third-order valence-corrected chi connectivity index (χ3v) is 4.14. The maximum atomic E-state index is 11.1. The SMILES string of the molecule is O=C(O)C1=CS[C@@H]2C(Br)C(=O)N12. The first-order valence-electron chi connectivity index (χ1n) is 3.19. The number of carboxylic acid groups (broad SMARTS) is 1. The molecule has 2 aliphatic rings. The van der Waals surface area contributed by atoms with Crippen molar-refractivity contribution in [3.8, 4) is 0 Å². The van der Waals surface area contributed by atoms with E-state index in [4.69, 9.17) is 5.11 Å². The highest BCUT2D eigenvalue weighted by molar-refractivity contribution is 9.10. The number of alkyl halides is 1. The first kappa shape index (κ1) is 8.12. The molecule has 4 nitrogen and oxygen atoms in total. The Morgan fingerprint density at radius 3 is 3.00 bits per heavy atom. The van der Waals surface area contributed by atoms with Crippen molar-refractivity contribution in [1.29, 1.82) is 0 Å². The second kappa shape index (κ2) is 2.50. The van der Waals surface area contributed by atoms with Crippen LogP contribution in [0.3, 0.4) is 0 Å². The van der Waals surface area contributed by atoms with Gasteiger partial charge in [0.15, 0.2) is 0 Å². The van der Waals surface area contributed by atoms with Gasteiger partial charge in [-0.05, 0) is 0 Å². The minimum absolute atomic E-state index is 0.0522. The van der Waals surface area contributed by atoms with Gasteiger partial charge in [-0.15, -0.1) is 11.8 Å². The molecule has 0 aromatic carbocycles. The third kappa shape index (κ3) is 0.847. The van der Waals surface area contributed by atoms with Gasteiger partial charge in [0.1, 0.15) is 15.9 Å². The van der Waals surface area contributed by atoms with Crippen molar-refractivity contribution in [2.24, 2.45) is 0 Å². The normalized spacial score (nSPS) is 32.6. The molecule has 0 radical (unpaired) electrons. The lowest BCUT2D eigenvalue weighted by Gasteiger charge is -2.38. The Morgan fingerprint density at radius 1 is 1.75 bits per heavy atom. The topological polar surface area (TPSA) is 57.6 Å². The zero-order valence-corrected chi connectivity index (χ0v) is 8.13. The zero-order valence-electron chi connectivity index (χ0n) is 5.73. The molecule has 1 saturated heterocycles. The van der Waals surface area contributed by atoms with Gasteiger partial charge in [0, 0.05) is 5.41 Å². The molecule has 12 heavy (non-hydrogen) atoms. The number of hydrogen-bond donors (Lipinski definition) is 1. The molecule has 2 heterocycles. The predicted octanol–water partition coefficient (Wildman–Crippen LogP) is 0.591. The molecule has 0 aromatic heterocycles. The van der Waals surface area contributed by atoms with Gasteiger partial charge < -0.3 is 5.11 Å². The number of carbonyl (C=O) groups is 2. The second-order valence-corrected chi connectivity index (χ2v) is 4.42. The van der Waals surface area contributed by atoms with Crippen molar-refractivity contribution in [3.63, 3.8) is 0 Å². The summed E-state index contributed by atoms with van der Waals surface area (Å²) in [7, 11) is 0. The van der Waals surface area contributed by atoms with Crippen molar-refractivity contribution < 1.29 is 14.7 Å². The van der Waals surface area contributed by atoms with Gasteiger partial charge in [0.05, 0.1) is 0 Å². The molecule has 6 heteroatoms. The molecule has 2 atom stereocenters. The lowest BCUT2D eigenvalue weighted by molar-refractivity contribution is -0.144. The van der Waals surface area contributed by atoms with E-state index >= 15 is 0 Å². The number of rotatable bonds is 1. The van der Waals surface area contributed by atoms with Crippen LogP contribution in [0.5, 0.6) is 0 Å². The molecule has 0 aromatic rings. The summed E-state index contributed by atoms with van der Waals surface area (Å²) >= 11 is 4.53. The van der Waals surface area contributed by atoms with E-state index in [9.17, 15) is 9.59 Å². The largest absolute Gasteiger partial charge is 0.477 e. The third-order valence-electron chi connectivity index (χ3n) is 1.78. The van der Waals surface area contributed by atoms with Gasteiger partial charge in [-0.2, -0.15) is 0 Å². The molecule has 64 valence electrons. The molecule has 1 unspecified atom stereocenters. The first-order chi connectivity index (χ1) is 5.63. The fraction of sp³-hybridized carbons (Fsp3) is 0.333.